The SMILES string of the molecule is CCNC(=O)Nc1nc2cc(-c3cnc(N4CCC(CC)(C(=O)OCC)CC4)nc3)cc(-c3cnc(N4CCC(CC)(C(=O)OCC)CC4)nc3)c2o1. The molecule has 5 heterocycles. The second kappa shape index (κ2) is 16.1. The van der Waals surface area contributed by atoms with E-state index in [2.05, 4.69) is 25.4 Å². The maximum atomic E-state index is 12.7. The van der Waals surface area contributed by atoms with Crippen LogP contribution in [-0.4, -0.2) is 88.8 Å². The number of rotatable bonds is 12. The van der Waals surface area contributed by atoms with Crippen LogP contribution in [-0.2, 0) is 19.1 Å². The molecule has 2 fully saturated rings. The summed E-state index contributed by atoms with van der Waals surface area (Å²) in [6, 6.07) is 3.45. The number of benzene rings is 1. The van der Waals surface area contributed by atoms with Crippen LogP contribution in [0.4, 0.5) is 22.7 Å². The van der Waals surface area contributed by atoms with Gasteiger partial charge >= 0.3 is 24.0 Å². The van der Waals surface area contributed by atoms with Gasteiger partial charge in [-0.15, -0.1) is 0 Å². The second-order valence-electron chi connectivity index (χ2n) is 13.6. The molecule has 0 radical (unpaired) electrons. The number of piperidine rings is 2. The van der Waals surface area contributed by atoms with Gasteiger partial charge in [0, 0.05) is 74.2 Å². The zero-order chi connectivity index (χ0) is 37.6. The molecule has 53 heavy (non-hydrogen) atoms. The normalized spacial score (nSPS) is 16.6. The van der Waals surface area contributed by atoms with Crippen LogP contribution < -0.4 is 20.4 Å². The third-order valence-corrected chi connectivity index (χ3v) is 10.7. The van der Waals surface area contributed by atoms with Gasteiger partial charge in [0.2, 0.25) is 11.9 Å². The fraction of sp³-hybridized carbons (Fsp3) is 0.526. The molecule has 15 nitrogen and oxygen atoms in total. The number of oxazole rings is 1. The summed E-state index contributed by atoms with van der Waals surface area (Å²) in [4.78, 5) is 65.4. The third kappa shape index (κ3) is 7.74. The lowest BCUT2D eigenvalue weighted by Crippen LogP contribution is -2.45. The maximum absolute atomic E-state index is 12.7. The number of anilines is 3. The lowest BCUT2D eigenvalue weighted by Gasteiger charge is -2.39. The molecule has 0 spiro atoms. The van der Waals surface area contributed by atoms with E-state index in [1.165, 1.54) is 0 Å². The van der Waals surface area contributed by atoms with Crippen molar-refractivity contribution in [2.45, 2.75) is 73.1 Å². The number of urea groups is 1. The molecular weight excluding hydrogens is 678 g/mol. The van der Waals surface area contributed by atoms with Gasteiger partial charge in [-0.05, 0) is 77.0 Å². The molecule has 0 aliphatic carbocycles. The fourth-order valence-electron chi connectivity index (χ4n) is 7.27. The van der Waals surface area contributed by atoms with Gasteiger partial charge in [0.25, 0.3) is 0 Å². The van der Waals surface area contributed by atoms with Gasteiger partial charge in [-0.25, -0.2) is 24.7 Å². The molecule has 2 aliphatic rings. The van der Waals surface area contributed by atoms with E-state index >= 15 is 0 Å². The Kier molecular flexibility index (Phi) is 11.4. The van der Waals surface area contributed by atoms with Gasteiger partial charge in [0.1, 0.15) is 5.52 Å². The first-order valence-electron chi connectivity index (χ1n) is 18.7. The smallest absolute Gasteiger partial charge is 0.322 e. The number of carbonyl (C=O) groups excluding carboxylic acids is 3. The monoisotopic (exact) mass is 727 g/mol. The summed E-state index contributed by atoms with van der Waals surface area (Å²) in [6.45, 7) is 13.3. The molecule has 0 saturated carbocycles. The Hall–Kier alpha value is -5.34. The Morgan fingerprint density at radius 1 is 0.717 bits per heavy atom. The van der Waals surface area contributed by atoms with Crippen LogP contribution >= 0.6 is 0 Å². The van der Waals surface area contributed by atoms with E-state index in [1.807, 2.05) is 46.8 Å². The third-order valence-electron chi connectivity index (χ3n) is 10.7. The Morgan fingerprint density at radius 2 is 1.21 bits per heavy atom. The zero-order valence-corrected chi connectivity index (χ0v) is 31.2. The quantitative estimate of drug-likeness (QED) is 0.163. The molecule has 2 N–H and O–H groups in total. The minimum absolute atomic E-state index is 0.0545. The summed E-state index contributed by atoms with van der Waals surface area (Å²) in [7, 11) is 0. The predicted octanol–water partition coefficient (Wildman–Crippen LogP) is 6.00. The lowest BCUT2D eigenvalue weighted by molar-refractivity contribution is -0.158. The summed E-state index contributed by atoms with van der Waals surface area (Å²) in [5, 5.41) is 5.35. The first kappa shape index (κ1) is 37.4. The van der Waals surface area contributed by atoms with E-state index in [1.54, 1.807) is 24.8 Å². The highest BCUT2D eigenvalue weighted by atomic mass is 16.5. The number of aromatic nitrogens is 5. The van der Waals surface area contributed by atoms with E-state index in [-0.39, 0.29) is 18.0 Å². The van der Waals surface area contributed by atoms with Crippen molar-refractivity contribution in [3.63, 3.8) is 0 Å². The molecule has 2 saturated heterocycles. The van der Waals surface area contributed by atoms with Crippen LogP contribution in [0, 0.1) is 10.8 Å². The molecule has 15 heteroatoms. The number of hydrogen-bond donors (Lipinski definition) is 2. The fourth-order valence-corrected chi connectivity index (χ4v) is 7.27. The van der Waals surface area contributed by atoms with Gasteiger partial charge in [0.15, 0.2) is 5.58 Å². The first-order chi connectivity index (χ1) is 25.7. The Morgan fingerprint density at radius 3 is 1.66 bits per heavy atom. The van der Waals surface area contributed by atoms with Crippen LogP contribution in [0.5, 0.6) is 0 Å². The number of carbonyl (C=O) groups is 3. The van der Waals surface area contributed by atoms with Crippen LogP contribution in [0.2, 0.25) is 0 Å². The molecule has 4 aromatic rings. The average Bonchev–Trinajstić information content (AvgIpc) is 3.60. The summed E-state index contributed by atoms with van der Waals surface area (Å²) in [6.07, 6.45) is 11.2. The van der Waals surface area contributed by atoms with Crippen molar-refractivity contribution in [1.29, 1.82) is 0 Å². The molecule has 3 aromatic heterocycles. The summed E-state index contributed by atoms with van der Waals surface area (Å²) >= 11 is 0. The molecule has 2 amide bonds. The van der Waals surface area contributed by atoms with Gasteiger partial charge in [-0.1, -0.05) is 13.8 Å². The predicted molar refractivity (Wildman–Crippen MR) is 200 cm³/mol. The average molecular weight is 728 g/mol. The molecular formula is C38H49N9O6. The number of nitrogens with zero attached hydrogens (tertiary/aromatic N) is 7. The number of esters is 2. The minimum atomic E-state index is -0.481. The van der Waals surface area contributed by atoms with Gasteiger partial charge < -0.3 is 29.0 Å². The largest absolute Gasteiger partial charge is 0.466 e. The van der Waals surface area contributed by atoms with Crippen LogP contribution in [0.3, 0.4) is 0 Å². The number of ether oxygens (including phenoxy) is 2. The highest BCUT2D eigenvalue weighted by Crippen LogP contribution is 2.40. The number of nitrogens with one attached hydrogen (secondary N) is 2. The van der Waals surface area contributed by atoms with Gasteiger partial charge in [0.05, 0.1) is 24.0 Å². The molecule has 1 aromatic carbocycles. The number of hydrogen-bond acceptors (Lipinski definition) is 13. The van der Waals surface area contributed by atoms with E-state index in [4.69, 9.17) is 33.8 Å². The van der Waals surface area contributed by atoms with Crippen molar-refractivity contribution in [2.24, 2.45) is 10.8 Å². The highest BCUT2D eigenvalue weighted by molar-refractivity contribution is 5.96. The van der Waals surface area contributed by atoms with Crippen molar-refractivity contribution < 1.29 is 28.3 Å². The van der Waals surface area contributed by atoms with E-state index in [0.717, 1.165) is 24.0 Å². The Bertz CT molecular complexity index is 1900. The number of amides is 2. The topological polar surface area (TPSA) is 178 Å². The van der Waals surface area contributed by atoms with Crippen molar-refractivity contribution in [2.75, 3.05) is 61.1 Å². The molecule has 2 aliphatic heterocycles. The molecule has 0 bridgehead atoms. The van der Waals surface area contributed by atoms with Crippen LogP contribution in [0.25, 0.3) is 33.4 Å². The van der Waals surface area contributed by atoms with Crippen molar-refractivity contribution >= 4 is 47.0 Å². The zero-order valence-electron chi connectivity index (χ0n) is 31.2. The lowest BCUT2D eigenvalue weighted by atomic mass is 9.76. The Balaban J connectivity index is 1.25. The van der Waals surface area contributed by atoms with E-state index in [0.29, 0.717) is 106 Å². The van der Waals surface area contributed by atoms with E-state index < -0.39 is 16.9 Å². The van der Waals surface area contributed by atoms with Crippen molar-refractivity contribution in [1.82, 2.24) is 30.2 Å². The van der Waals surface area contributed by atoms with E-state index in [9.17, 15) is 14.4 Å². The minimum Gasteiger partial charge on any atom is -0.466 e. The molecule has 0 atom stereocenters. The summed E-state index contributed by atoms with van der Waals surface area (Å²) < 4.78 is 16.9. The molecule has 0 unspecified atom stereocenters. The molecule has 282 valence electrons. The van der Waals surface area contributed by atoms with Gasteiger partial charge in [-0.3, -0.25) is 14.9 Å². The maximum Gasteiger partial charge on any atom is 0.322 e. The first-order valence-corrected chi connectivity index (χ1v) is 18.7. The summed E-state index contributed by atoms with van der Waals surface area (Å²) in [5.41, 5.74) is 2.96. The summed E-state index contributed by atoms with van der Waals surface area (Å²) in [5.74, 6) is 0.919. The highest BCUT2D eigenvalue weighted by Gasteiger charge is 2.42. The van der Waals surface area contributed by atoms with Crippen LogP contribution in [0.15, 0.2) is 41.3 Å². The Labute approximate surface area is 309 Å². The molecule has 6 rings (SSSR count). The second-order valence-corrected chi connectivity index (χ2v) is 13.6. The van der Waals surface area contributed by atoms with Crippen LogP contribution in [0.1, 0.15) is 73.1 Å². The van der Waals surface area contributed by atoms with Crippen molar-refractivity contribution in [3.8, 4) is 22.3 Å². The van der Waals surface area contributed by atoms with Crippen molar-refractivity contribution in [3.05, 3.63) is 36.9 Å². The number of fused-ring (bicyclic) bond motifs is 1. The van der Waals surface area contributed by atoms with Gasteiger partial charge in [-0.2, -0.15) is 4.98 Å². The standard InChI is InChI=1S/C38H49N9O6/c1-6-37(31(48)51-9-4)11-15-46(16-12-37)33-40-21-26(22-41-33)25-19-28(30-29(20-25)44-36(53-30)45-35(50)39-8-3)27-23-42-34(43-24-27)47-17-13-38(7-2,14-18-47)32(49)52-10-5/h19-24H,6-18H2,1-5H3,(H2,39,44,45,50).